The van der Waals surface area contributed by atoms with Crippen LogP contribution in [-0.4, -0.2) is 66.2 Å². The third-order valence-corrected chi connectivity index (χ3v) is 5.31. The summed E-state index contributed by atoms with van der Waals surface area (Å²) in [6.45, 7) is 5.11. The van der Waals surface area contributed by atoms with E-state index in [9.17, 15) is 13.2 Å². The van der Waals surface area contributed by atoms with Gasteiger partial charge in [0.25, 0.3) is 0 Å². The SMILES string of the molecule is CCN1CCC(N(C)c2nc(NC(=S)Nc3ccc(OC(F)(F)F)cc3)ncc2OC)C1. The molecule has 1 fully saturated rings. The number of nitrogens with zero attached hydrogens (tertiary/aromatic N) is 4. The number of halogens is 3. The molecule has 174 valence electrons. The van der Waals surface area contributed by atoms with Gasteiger partial charge in [-0.3, -0.25) is 0 Å². The Morgan fingerprint density at radius 2 is 2.00 bits per heavy atom. The Labute approximate surface area is 189 Å². The minimum atomic E-state index is -4.74. The van der Waals surface area contributed by atoms with Gasteiger partial charge in [-0.1, -0.05) is 6.92 Å². The average Bonchev–Trinajstić information content (AvgIpc) is 3.23. The van der Waals surface area contributed by atoms with Crippen LogP contribution in [0.15, 0.2) is 30.5 Å². The molecule has 1 aliphatic heterocycles. The number of rotatable bonds is 7. The third kappa shape index (κ3) is 6.33. The van der Waals surface area contributed by atoms with Crippen LogP contribution in [-0.2, 0) is 0 Å². The van der Waals surface area contributed by atoms with Gasteiger partial charge in [-0.25, -0.2) is 4.98 Å². The lowest BCUT2D eigenvalue weighted by atomic mass is 10.2. The van der Waals surface area contributed by atoms with Crippen LogP contribution in [0.25, 0.3) is 0 Å². The van der Waals surface area contributed by atoms with E-state index in [4.69, 9.17) is 17.0 Å². The molecular formula is C20H25F3N6O2S. The van der Waals surface area contributed by atoms with E-state index in [0.29, 0.717) is 23.3 Å². The summed E-state index contributed by atoms with van der Waals surface area (Å²) in [5.41, 5.74) is 0.480. The van der Waals surface area contributed by atoms with E-state index in [1.807, 2.05) is 7.05 Å². The Balaban J connectivity index is 1.65. The van der Waals surface area contributed by atoms with Gasteiger partial charge in [0, 0.05) is 31.9 Å². The van der Waals surface area contributed by atoms with Crippen molar-refractivity contribution in [1.29, 1.82) is 0 Å². The zero-order valence-corrected chi connectivity index (χ0v) is 18.8. The van der Waals surface area contributed by atoms with Gasteiger partial charge in [0.1, 0.15) is 5.75 Å². The Bertz CT molecular complexity index is 929. The van der Waals surface area contributed by atoms with E-state index >= 15 is 0 Å². The molecule has 1 aromatic carbocycles. The second-order valence-electron chi connectivity index (χ2n) is 7.18. The standard InChI is InChI=1S/C20H25F3N6O2S/c1-4-29-10-9-14(12-29)28(2)17-16(30-3)11-24-18(26-17)27-19(32)25-13-5-7-15(8-6-13)31-20(21,22)23/h5-8,11,14H,4,9-10,12H2,1-3H3,(H2,24,25,26,27,32). The highest BCUT2D eigenvalue weighted by atomic mass is 32.1. The molecule has 2 heterocycles. The lowest BCUT2D eigenvalue weighted by Gasteiger charge is -2.27. The molecule has 2 aromatic rings. The van der Waals surface area contributed by atoms with Crippen molar-refractivity contribution in [3.63, 3.8) is 0 Å². The average molecular weight is 471 g/mol. The zero-order chi connectivity index (χ0) is 23.3. The molecule has 1 saturated heterocycles. The maximum atomic E-state index is 12.3. The number of hydrogen-bond donors (Lipinski definition) is 2. The fourth-order valence-electron chi connectivity index (χ4n) is 3.41. The van der Waals surface area contributed by atoms with Crippen LogP contribution in [0.2, 0.25) is 0 Å². The van der Waals surface area contributed by atoms with Crippen molar-refractivity contribution in [3.05, 3.63) is 30.5 Å². The lowest BCUT2D eigenvalue weighted by molar-refractivity contribution is -0.274. The van der Waals surface area contributed by atoms with Crippen molar-refractivity contribution in [2.45, 2.75) is 25.7 Å². The van der Waals surface area contributed by atoms with Gasteiger partial charge in [0.15, 0.2) is 16.7 Å². The number of benzene rings is 1. The van der Waals surface area contributed by atoms with Crippen LogP contribution in [0.1, 0.15) is 13.3 Å². The first-order valence-corrected chi connectivity index (χ1v) is 10.4. The molecule has 2 N–H and O–H groups in total. The van der Waals surface area contributed by atoms with Crippen LogP contribution in [0.3, 0.4) is 0 Å². The second-order valence-corrected chi connectivity index (χ2v) is 7.59. The highest BCUT2D eigenvalue weighted by molar-refractivity contribution is 7.80. The predicted molar refractivity (Wildman–Crippen MR) is 120 cm³/mol. The number of aromatic nitrogens is 2. The van der Waals surface area contributed by atoms with E-state index < -0.39 is 6.36 Å². The van der Waals surface area contributed by atoms with Crippen molar-refractivity contribution < 1.29 is 22.6 Å². The number of likely N-dealkylation sites (tertiary alicyclic amines) is 1. The van der Waals surface area contributed by atoms with Crippen LogP contribution in [0.5, 0.6) is 11.5 Å². The fourth-order valence-corrected chi connectivity index (χ4v) is 3.62. The van der Waals surface area contributed by atoms with E-state index in [1.54, 1.807) is 13.3 Å². The van der Waals surface area contributed by atoms with E-state index in [-0.39, 0.29) is 16.8 Å². The van der Waals surface area contributed by atoms with Gasteiger partial charge in [-0.2, -0.15) is 4.98 Å². The molecule has 12 heteroatoms. The smallest absolute Gasteiger partial charge is 0.491 e. The van der Waals surface area contributed by atoms with E-state index in [0.717, 1.165) is 26.1 Å². The van der Waals surface area contributed by atoms with Gasteiger partial charge < -0.3 is 29.9 Å². The number of nitrogens with one attached hydrogen (secondary N) is 2. The van der Waals surface area contributed by atoms with Crippen LogP contribution in [0.4, 0.5) is 30.6 Å². The molecule has 32 heavy (non-hydrogen) atoms. The molecule has 3 rings (SSSR count). The lowest BCUT2D eigenvalue weighted by Crippen LogP contribution is -2.35. The van der Waals surface area contributed by atoms with Crippen molar-refractivity contribution >= 4 is 34.8 Å². The molecular weight excluding hydrogens is 445 g/mol. The molecule has 1 unspecified atom stereocenters. The minimum Gasteiger partial charge on any atom is -0.491 e. The Morgan fingerprint density at radius 1 is 1.28 bits per heavy atom. The van der Waals surface area contributed by atoms with Gasteiger partial charge >= 0.3 is 6.36 Å². The van der Waals surface area contributed by atoms with Gasteiger partial charge in [0.05, 0.1) is 13.3 Å². The summed E-state index contributed by atoms with van der Waals surface area (Å²) in [4.78, 5) is 13.2. The molecule has 0 radical (unpaired) electrons. The molecule has 0 spiro atoms. The Morgan fingerprint density at radius 3 is 2.59 bits per heavy atom. The van der Waals surface area contributed by atoms with Crippen molar-refractivity contribution in [1.82, 2.24) is 14.9 Å². The quantitative estimate of drug-likeness (QED) is 0.589. The predicted octanol–water partition coefficient (Wildman–Crippen LogP) is 3.72. The Kier molecular flexibility index (Phi) is 7.56. The summed E-state index contributed by atoms with van der Waals surface area (Å²) in [6, 6.07) is 5.52. The van der Waals surface area contributed by atoms with Crippen molar-refractivity contribution in [2.24, 2.45) is 0 Å². The maximum Gasteiger partial charge on any atom is 0.573 e. The number of thiocarbonyl (C=S) groups is 1. The number of alkyl halides is 3. The molecule has 0 amide bonds. The van der Waals surface area contributed by atoms with Gasteiger partial charge in [-0.05, 0) is 49.4 Å². The number of hydrogen-bond acceptors (Lipinski definition) is 7. The first kappa shape index (κ1) is 23.8. The minimum absolute atomic E-state index is 0.186. The van der Waals surface area contributed by atoms with Crippen LogP contribution >= 0.6 is 12.2 Å². The Hall–Kier alpha value is -2.86. The monoisotopic (exact) mass is 470 g/mol. The number of likely N-dealkylation sites (N-methyl/N-ethyl adjacent to an activating group) is 2. The highest BCUT2D eigenvalue weighted by Gasteiger charge is 2.31. The second kappa shape index (κ2) is 10.2. The maximum absolute atomic E-state index is 12.3. The first-order valence-electron chi connectivity index (χ1n) is 9.98. The summed E-state index contributed by atoms with van der Waals surface area (Å²) in [6.07, 6.45) is -2.15. The van der Waals surface area contributed by atoms with Crippen LogP contribution in [0, 0.1) is 0 Å². The van der Waals surface area contributed by atoms with Gasteiger partial charge in [0.2, 0.25) is 5.95 Å². The highest BCUT2D eigenvalue weighted by Crippen LogP contribution is 2.29. The molecule has 0 bridgehead atoms. The van der Waals surface area contributed by atoms with E-state index in [1.165, 1.54) is 24.3 Å². The summed E-state index contributed by atoms with van der Waals surface area (Å²) >= 11 is 5.28. The fraction of sp³-hybridized carbons (Fsp3) is 0.450. The first-order chi connectivity index (χ1) is 15.2. The largest absolute Gasteiger partial charge is 0.573 e. The number of ether oxygens (including phenoxy) is 2. The summed E-state index contributed by atoms with van der Waals surface area (Å²) in [7, 11) is 3.54. The molecule has 0 saturated carbocycles. The molecule has 1 aromatic heterocycles. The van der Waals surface area contributed by atoms with Gasteiger partial charge in [-0.15, -0.1) is 13.2 Å². The molecule has 0 aliphatic carbocycles. The summed E-state index contributed by atoms with van der Waals surface area (Å²) in [5, 5.41) is 5.96. The normalized spacial score (nSPS) is 16.5. The summed E-state index contributed by atoms with van der Waals surface area (Å²) < 4.78 is 46.1. The number of methoxy groups -OCH3 is 1. The van der Waals surface area contributed by atoms with Crippen molar-refractivity contribution in [3.8, 4) is 11.5 Å². The topological polar surface area (TPSA) is 74.8 Å². The number of anilines is 3. The van der Waals surface area contributed by atoms with Crippen LogP contribution < -0.4 is 25.0 Å². The molecule has 8 nitrogen and oxygen atoms in total. The third-order valence-electron chi connectivity index (χ3n) is 5.10. The molecule has 1 atom stereocenters. The molecule has 1 aliphatic rings. The van der Waals surface area contributed by atoms with Crippen molar-refractivity contribution in [2.75, 3.05) is 49.3 Å². The zero-order valence-electron chi connectivity index (χ0n) is 17.9. The van der Waals surface area contributed by atoms with E-state index in [2.05, 4.69) is 42.1 Å². The summed E-state index contributed by atoms with van der Waals surface area (Å²) in [5.74, 6) is 1.14.